The highest BCUT2D eigenvalue weighted by Crippen LogP contribution is 2.29. The van der Waals surface area contributed by atoms with Gasteiger partial charge in [-0.3, -0.25) is 9.48 Å². The number of benzene rings is 2. The summed E-state index contributed by atoms with van der Waals surface area (Å²) in [5, 5.41) is 12.6. The molecule has 1 N–H and O–H groups in total. The van der Waals surface area contributed by atoms with E-state index in [-0.39, 0.29) is 12.5 Å². The third-order valence-corrected chi connectivity index (χ3v) is 4.80. The Morgan fingerprint density at radius 2 is 2.07 bits per heavy atom. The van der Waals surface area contributed by atoms with Gasteiger partial charge < -0.3 is 9.84 Å². The van der Waals surface area contributed by atoms with Gasteiger partial charge in [-0.25, -0.2) is 0 Å². The van der Waals surface area contributed by atoms with Gasteiger partial charge in [-0.05, 0) is 31.9 Å². The van der Waals surface area contributed by atoms with E-state index in [0.717, 1.165) is 34.9 Å². The second-order valence-electron chi connectivity index (χ2n) is 7.16. The van der Waals surface area contributed by atoms with Gasteiger partial charge in [0.25, 0.3) is 5.89 Å². The van der Waals surface area contributed by atoms with E-state index in [9.17, 15) is 4.79 Å². The summed E-state index contributed by atoms with van der Waals surface area (Å²) >= 11 is 0. The smallest absolute Gasteiger partial charge is 0.279 e. The summed E-state index contributed by atoms with van der Waals surface area (Å²) in [6.45, 7) is 2.18. The molecule has 0 spiro atoms. The van der Waals surface area contributed by atoms with E-state index >= 15 is 0 Å². The van der Waals surface area contributed by atoms with Gasteiger partial charge in [0.05, 0.1) is 5.52 Å². The first-order valence-corrected chi connectivity index (χ1v) is 9.33. The summed E-state index contributed by atoms with van der Waals surface area (Å²) in [6.07, 6.45) is 2.11. The maximum Gasteiger partial charge on any atom is 0.279 e. The number of aryl methyl sites for hydroxylation is 1. The molecule has 7 nitrogen and oxygen atoms in total. The summed E-state index contributed by atoms with van der Waals surface area (Å²) in [6, 6.07) is 16.0. The second-order valence-corrected chi connectivity index (χ2v) is 7.16. The first-order chi connectivity index (χ1) is 13.7. The van der Waals surface area contributed by atoms with E-state index in [1.165, 1.54) is 0 Å². The van der Waals surface area contributed by atoms with Gasteiger partial charge in [-0.1, -0.05) is 47.1 Å². The number of aromatic nitrogens is 4. The summed E-state index contributed by atoms with van der Waals surface area (Å²) < 4.78 is 7.20. The summed E-state index contributed by atoms with van der Waals surface area (Å²) in [7, 11) is 0. The SMILES string of the molecule is Cc1cccc(-c2noc(-c3nn(CC(=O)NC4CC4)c4ccccc34)n2)c1. The molecule has 1 amide bonds. The van der Waals surface area contributed by atoms with E-state index in [2.05, 4.69) is 20.6 Å². The normalized spacial score (nSPS) is 13.8. The fourth-order valence-corrected chi connectivity index (χ4v) is 3.26. The lowest BCUT2D eigenvalue weighted by atomic mass is 10.1. The molecule has 2 aromatic carbocycles. The standard InChI is InChI=1S/C21H19N5O2/c1-13-5-4-6-14(11-13)20-23-21(28-25-20)19-16-7-2-3-8-17(16)26(24-19)12-18(27)22-15-9-10-15/h2-8,11,15H,9-10,12H2,1H3,(H,22,27). The molecular weight excluding hydrogens is 354 g/mol. The molecule has 2 aromatic heterocycles. The van der Waals surface area contributed by atoms with Crippen LogP contribution in [-0.2, 0) is 11.3 Å². The van der Waals surface area contributed by atoms with Crippen molar-refractivity contribution in [2.45, 2.75) is 32.4 Å². The Morgan fingerprint density at radius 3 is 2.89 bits per heavy atom. The van der Waals surface area contributed by atoms with Crippen LogP contribution in [0.15, 0.2) is 53.1 Å². The van der Waals surface area contributed by atoms with Crippen molar-refractivity contribution >= 4 is 16.8 Å². The number of hydrogen-bond donors (Lipinski definition) is 1. The molecule has 4 aromatic rings. The van der Waals surface area contributed by atoms with Gasteiger partial charge in [0.1, 0.15) is 6.54 Å². The third-order valence-electron chi connectivity index (χ3n) is 4.80. The predicted molar refractivity (Wildman–Crippen MR) is 104 cm³/mol. The maximum absolute atomic E-state index is 12.3. The second kappa shape index (κ2) is 6.60. The highest BCUT2D eigenvalue weighted by Gasteiger charge is 2.24. The molecule has 0 atom stereocenters. The van der Waals surface area contributed by atoms with Crippen molar-refractivity contribution in [1.29, 1.82) is 0 Å². The largest absolute Gasteiger partial charge is 0.352 e. The van der Waals surface area contributed by atoms with E-state index in [0.29, 0.717) is 23.5 Å². The summed E-state index contributed by atoms with van der Waals surface area (Å²) in [5.41, 5.74) is 3.46. The fraction of sp³-hybridized carbons (Fsp3) is 0.238. The van der Waals surface area contributed by atoms with Crippen LogP contribution >= 0.6 is 0 Å². The van der Waals surface area contributed by atoms with Crippen molar-refractivity contribution < 1.29 is 9.32 Å². The topological polar surface area (TPSA) is 85.8 Å². The quantitative estimate of drug-likeness (QED) is 0.580. The monoisotopic (exact) mass is 373 g/mol. The zero-order valence-electron chi connectivity index (χ0n) is 15.4. The third kappa shape index (κ3) is 3.15. The van der Waals surface area contributed by atoms with E-state index in [4.69, 9.17) is 4.52 Å². The minimum atomic E-state index is -0.0340. The predicted octanol–water partition coefficient (Wildman–Crippen LogP) is 3.34. The van der Waals surface area contributed by atoms with E-state index in [1.807, 2.05) is 55.5 Å². The molecule has 1 aliphatic rings. The van der Waals surface area contributed by atoms with Gasteiger partial charge in [-0.2, -0.15) is 10.1 Å². The maximum atomic E-state index is 12.3. The molecule has 1 saturated carbocycles. The van der Waals surface area contributed by atoms with Crippen molar-refractivity contribution in [2.75, 3.05) is 0 Å². The Kier molecular flexibility index (Phi) is 3.93. The number of nitrogens with zero attached hydrogens (tertiary/aromatic N) is 4. The van der Waals surface area contributed by atoms with Crippen LogP contribution in [0.5, 0.6) is 0 Å². The molecular formula is C21H19N5O2. The molecule has 0 bridgehead atoms. The Hall–Kier alpha value is -3.48. The molecule has 0 saturated heterocycles. The number of rotatable bonds is 5. The lowest BCUT2D eigenvalue weighted by Gasteiger charge is -2.04. The number of hydrogen-bond acceptors (Lipinski definition) is 5. The van der Waals surface area contributed by atoms with E-state index in [1.54, 1.807) is 4.68 Å². The average Bonchev–Trinajstić information content (AvgIpc) is 3.24. The molecule has 1 aliphatic carbocycles. The van der Waals surface area contributed by atoms with Crippen molar-refractivity contribution in [2.24, 2.45) is 0 Å². The van der Waals surface area contributed by atoms with Crippen LogP contribution < -0.4 is 5.32 Å². The molecule has 0 radical (unpaired) electrons. The number of carbonyl (C=O) groups excluding carboxylic acids is 1. The summed E-state index contributed by atoms with van der Waals surface area (Å²) in [5.74, 6) is 0.825. The minimum Gasteiger partial charge on any atom is -0.352 e. The van der Waals surface area contributed by atoms with Gasteiger partial charge in [0, 0.05) is 17.0 Å². The number of amides is 1. The first-order valence-electron chi connectivity index (χ1n) is 9.33. The van der Waals surface area contributed by atoms with Crippen molar-refractivity contribution in [3.05, 3.63) is 54.1 Å². The Balaban J connectivity index is 1.51. The van der Waals surface area contributed by atoms with Crippen LogP contribution in [0.4, 0.5) is 0 Å². The minimum absolute atomic E-state index is 0.0340. The fourth-order valence-electron chi connectivity index (χ4n) is 3.26. The Bertz CT molecular complexity index is 1170. The zero-order valence-corrected chi connectivity index (χ0v) is 15.4. The van der Waals surface area contributed by atoms with Crippen molar-refractivity contribution in [3.8, 4) is 23.0 Å². The van der Waals surface area contributed by atoms with Crippen LogP contribution in [0.3, 0.4) is 0 Å². The molecule has 7 heteroatoms. The first kappa shape index (κ1) is 16.7. The molecule has 5 rings (SSSR count). The summed E-state index contributed by atoms with van der Waals surface area (Å²) in [4.78, 5) is 16.8. The number of carbonyl (C=O) groups is 1. The Morgan fingerprint density at radius 1 is 1.21 bits per heavy atom. The van der Waals surface area contributed by atoms with Crippen LogP contribution in [0.2, 0.25) is 0 Å². The Labute approximate surface area is 161 Å². The van der Waals surface area contributed by atoms with Gasteiger partial charge in [-0.15, -0.1) is 0 Å². The van der Waals surface area contributed by atoms with Crippen LogP contribution in [0.25, 0.3) is 33.9 Å². The van der Waals surface area contributed by atoms with Crippen molar-refractivity contribution in [1.82, 2.24) is 25.2 Å². The average molecular weight is 373 g/mol. The molecule has 0 aliphatic heterocycles. The van der Waals surface area contributed by atoms with Crippen molar-refractivity contribution in [3.63, 3.8) is 0 Å². The van der Waals surface area contributed by atoms with Crippen LogP contribution in [-0.4, -0.2) is 31.9 Å². The zero-order chi connectivity index (χ0) is 19.1. The molecule has 0 unspecified atom stereocenters. The lowest BCUT2D eigenvalue weighted by Crippen LogP contribution is -2.29. The highest BCUT2D eigenvalue weighted by atomic mass is 16.5. The molecule has 1 fully saturated rings. The highest BCUT2D eigenvalue weighted by molar-refractivity contribution is 5.92. The van der Waals surface area contributed by atoms with Gasteiger partial charge >= 0.3 is 0 Å². The number of nitrogens with one attached hydrogen (secondary N) is 1. The van der Waals surface area contributed by atoms with E-state index < -0.39 is 0 Å². The number of para-hydroxylation sites is 1. The molecule has 28 heavy (non-hydrogen) atoms. The number of fused-ring (bicyclic) bond motifs is 1. The van der Waals surface area contributed by atoms with Gasteiger partial charge in [0.2, 0.25) is 11.7 Å². The van der Waals surface area contributed by atoms with Crippen LogP contribution in [0.1, 0.15) is 18.4 Å². The van der Waals surface area contributed by atoms with Gasteiger partial charge in [0.15, 0.2) is 5.69 Å². The van der Waals surface area contributed by atoms with Crippen LogP contribution in [0, 0.1) is 6.92 Å². The molecule has 2 heterocycles. The lowest BCUT2D eigenvalue weighted by molar-refractivity contribution is -0.121. The molecule has 140 valence electrons.